The van der Waals surface area contributed by atoms with E-state index in [4.69, 9.17) is 9.97 Å². The molecule has 0 atom stereocenters. The van der Waals surface area contributed by atoms with Crippen molar-refractivity contribution in [3.63, 3.8) is 0 Å². The van der Waals surface area contributed by atoms with Crippen LogP contribution in [-0.2, 0) is 25.7 Å². The first-order valence-electron chi connectivity index (χ1n) is 12.4. The maximum Gasteiger partial charge on any atom is 0.0717 e. The first kappa shape index (κ1) is 18.1. The molecule has 0 bridgehead atoms. The number of nitrogens with zero attached hydrogens (tertiary/aromatic N) is 3. The molecule has 0 amide bonds. The van der Waals surface area contributed by atoms with E-state index in [1.807, 2.05) is 12.4 Å². The number of rotatable bonds is 0. The molecule has 3 aromatic carbocycles. The molecule has 164 valence electrons. The number of benzene rings is 3. The zero-order valence-electron chi connectivity index (χ0n) is 19.2. The third kappa shape index (κ3) is 2.30. The maximum atomic E-state index is 4.82. The Bertz CT molecular complexity index is 1760. The second kappa shape index (κ2) is 6.25. The fourth-order valence-corrected chi connectivity index (χ4v) is 6.86. The average Bonchev–Trinajstić information content (AvgIpc) is 3.42. The van der Waals surface area contributed by atoms with Crippen molar-refractivity contribution in [1.29, 1.82) is 0 Å². The molecule has 4 heterocycles. The van der Waals surface area contributed by atoms with Crippen molar-refractivity contribution in [3.05, 3.63) is 124 Å². The molecule has 0 fully saturated rings. The van der Waals surface area contributed by atoms with Crippen molar-refractivity contribution in [1.82, 2.24) is 9.97 Å². The number of hydrogen-bond donors (Lipinski definition) is 0. The van der Waals surface area contributed by atoms with Gasteiger partial charge in [-0.3, -0.25) is 9.97 Å². The fourth-order valence-electron chi connectivity index (χ4n) is 6.86. The minimum absolute atomic E-state index is 0.867. The van der Waals surface area contributed by atoms with Gasteiger partial charge >= 0.3 is 0 Å². The third-order valence-electron chi connectivity index (χ3n) is 8.36. The summed E-state index contributed by atoms with van der Waals surface area (Å²) < 4.78 is 0. The summed E-state index contributed by atoms with van der Waals surface area (Å²) in [6, 6.07) is 25.1. The molecule has 4 aliphatic rings. The molecule has 0 saturated heterocycles. The van der Waals surface area contributed by atoms with Crippen LogP contribution in [0.1, 0.15) is 44.8 Å². The molecule has 0 spiro atoms. The van der Waals surface area contributed by atoms with E-state index in [0.717, 1.165) is 31.4 Å². The lowest BCUT2D eigenvalue weighted by Crippen LogP contribution is -2.26. The molecule has 5 aromatic rings. The van der Waals surface area contributed by atoms with Gasteiger partial charge in [-0.15, -0.1) is 0 Å². The molecule has 0 radical (unpaired) electrons. The highest BCUT2D eigenvalue weighted by molar-refractivity contribution is 5.93. The van der Waals surface area contributed by atoms with Gasteiger partial charge in [-0.2, -0.15) is 0 Å². The molecule has 0 N–H and O–H groups in total. The van der Waals surface area contributed by atoms with Crippen LogP contribution in [0.5, 0.6) is 0 Å². The Labute approximate surface area is 203 Å². The van der Waals surface area contributed by atoms with E-state index in [9.17, 15) is 0 Å². The minimum Gasteiger partial charge on any atom is -0.306 e. The van der Waals surface area contributed by atoms with Gasteiger partial charge in [0, 0.05) is 25.2 Å². The number of pyridine rings is 2. The molecule has 3 heteroatoms. The Balaban J connectivity index is 1.27. The van der Waals surface area contributed by atoms with E-state index in [1.165, 1.54) is 78.4 Å². The van der Waals surface area contributed by atoms with Gasteiger partial charge in [0.1, 0.15) is 0 Å². The van der Waals surface area contributed by atoms with Crippen molar-refractivity contribution in [3.8, 4) is 22.3 Å². The fraction of sp³-hybridized carbons (Fsp3) is 0.125. The molecule has 9 rings (SSSR count). The normalized spacial score (nSPS) is 14.9. The highest BCUT2D eigenvalue weighted by Gasteiger charge is 2.34. The van der Waals surface area contributed by atoms with E-state index < -0.39 is 0 Å². The van der Waals surface area contributed by atoms with Crippen LogP contribution in [0.4, 0.5) is 17.1 Å². The number of aromatic nitrogens is 2. The highest BCUT2D eigenvalue weighted by atomic mass is 15.2. The SMILES string of the molecule is c1ccc2c(c1)Cc1cc3c(cc1-2)-c1cc2c(cc1C3)Cc1nccc3c1N2c1cccnc1C3. The average molecular weight is 448 g/mol. The van der Waals surface area contributed by atoms with Gasteiger partial charge in [-0.05, 0) is 98.8 Å². The van der Waals surface area contributed by atoms with E-state index >= 15 is 0 Å². The monoisotopic (exact) mass is 447 g/mol. The summed E-state index contributed by atoms with van der Waals surface area (Å²) in [5.74, 6) is 0. The summed E-state index contributed by atoms with van der Waals surface area (Å²) in [6.07, 6.45) is 7.69. The summed E-state index contributed by atoms with van der Waals surface area (Å²) in [4.78, 5) is 12.0. The van der Waals surface area contributed by atoms with Crippen LogP contribution in [0.25, 0.3) is 22.3 Å². The van der Waals surface area contributed by atoms with E-state index in [1.54, 1.807) is 0 Å². The quantitative estimate of drug-likeness (QED) is 0.253. The predicted molar refractivity (Wildman–Crippen MR) is 139 cm³/mol. The van der Waals surface area contributed by atoms with Crippen LogP contribution in [0.3, 0.4) is 0 Å². The Morgan fingerprint density at radius 1 is 0.486 bits per heavy atom. The number of fused-ring (bicyclic) bond motifs is 10. The third-order valence-corrected chi connectivity index (χ3v) is 8.36. The van der Waals surface area contributed by atoms with Gasteiger partial charge in [0.25, 0.3) is 0 Å². The van der Waals surface area contributed by atoms with Gasteiger partial charge in [-0.1, -0.05) is 36.4 Å². The molecule has 2 aliphatic heterocycles. The smallest absolute Gasteiger partial charge is 0.0717 e. The second-order valence-electron chi connectivity index (χ2n) is 10.2. The molecule has 3 nitrogen and oxygen atoms in total. The van der Waals surface area contributed by atoms with Crippen molar-refractivity contribution in [2.24, 2.45) is 0 Å². The van der Waals surface area contributed by atoms with Crippen molar-refractivity contribution >= 4 is 17.1 Å². The predicted octanol–water partition coefficient (Wildman–Crippen LogP) is 6.90. The largest absolute Gasteiger partial charge is 0.306 e. The lowest BCUT2D eigenvalue weighted by atomic mass is 9.89. The molecule has 35 heavy (non-hydrogen) atoms. The van der Waals surface area contributed by atoms with E-state index in [2.05, 4.69) is 71.6 Å². The van der Waals surface area contributed by atoms with Crippen molar-refractivity contribution in [2.45, 2.75) is 25.7 Å². The van der Waals surface area contributed by atoms with Crippen molar-refractivity contribution < 1.29 is 0 Å². The lowest BCUT2D eigenvalue weighted by molar-refractivity contribution is 0.935. The van der Waals surface area contributed by atoms with Crippen molar-refractivity contribution in [2.75, 3.05) is 4.90 Å². The molecule has 0 saturated carbocycles. The van der Waals surface area contributed by atoms with Gasteiger partial charge in [0.2, 0.25) is 0 Å². The summed E-state index contributed by atoms with van der Waals surface area (Å²) in [5, 5.41) is 0. The van der Waals surface area contributed by atoms with Gasteiger partial charge in [-0.25, -0.2) is 0 Å². The number of hydrogen-bond acceptors (Lipinski definition) is 3. The Hall–Kier alpha value is -4.24. The van der Waals surface area contributed by atoms with Crippen LogP contribution in [0.2, 0.25) is 0 Å². The summed E-state index contributed by atoms with van der Waals surface area (Å²) in [5.41, 5.74) is 20.2. The zero-order valence-corrected chi connectivity index (χ0v) is 19.2. The zero-order chi connectivity index (χ0) is 22.7. The first-order chi connectivity index (χ1) is 17.3. The van der Waals surface area contributed by atoms with E-state index in [-0.39, 0.29) is 0 Å². The Morgan fingerprint density at radius 2 is 1.23 bits per heavy atom. The van der Waals surface area contributed by atoms with Crippen LogP contribution in [0, 0.1) is 0 Å². The molecule has 2 aromatic heterocycles. The molecular formula is C32H21N3. The molecule has 0 unspecified atom stereocenters. The maximum absolute atomic E-state index is 4.82. The van der Waals surface area contributed by atoms with Gasteiger partial charge in [0.05, 0.1) is 28.5 Å². The molecular weight excluding hydrogens is 426 g/mol. The van der Waals surface area contributed by atoms with Gasteiger partial charge in [0.15, 0.2) is 0 Å². The van der Waals surface area contributed by atoms with Crippen LogP contribution < -0.4 is 4.90 Å². The summed E-state index contributed by atoms with van der Waals surface area (Å²) in [6.45, 7) is 0. The van der Waals surface area contributed by atoms with E-state index in [0.29, 0.717) is 0 Å². The Morgan fingerprint density at radius 3 is 2.17 bits per heavy atom. The standard InChI is InChI=1S/C32H21N3/c1-2-5-24-18(4-1)10-20-11-21-12-22-13-23-15-29-32-19(7-9-34-29)14-28-30(6-3-8-33-28)35(32)31(23)17-27(22)26(21)16-25(20)24/h1-9,11,13,16-17H,10,12,14-15H2. The first-order valence-corrected chi connectivity index (χ1v) is 12.4. The Kier molecular flexibility index (Phi) is 3.24. The summed E-state index contributed by atoms with van der Waals surface area (Å²) >= 11 is 0. The van der Waals surface area contributed by atoms with Crippen LogP contribution >= 0.6 is 0 Å². The topological polar surface area (TPSA) is 29.0 Å². The number of anilines is 3. The van der Waals surface area contributed by atoms with Crippen LogP contribution in [0.15, 0.2) is 79.1 Å². The molecule has 2 aliphatic carbocycles. The second-order valence-corrected chi connectivity index (χ2v) is 10.2. The van der Waals surface area contributed by atoms with Crippen LogP contribution in [-0.4, -0.2) is 9.97 Å². The summed E-state index contributed by atoms with van der Waals surface area (Å²) in [7, 11) is 0. The lowest BCUT2D eigenvalue weighted by Gasteiger charge is -2.38. The highest BCUT2D eigenvalue weighted by Crippen LogP contribution is 2.52. The van der Waals surface area contributed by atoms with Gasteiger partial charge < -0.3 is 4.90 Å². The minimum atomic E-state index is 0.867.